The van der Waals surface area contributed by atoms with Crippen LogP contribution in [0.15, 0.2) is 29.2 Å². The number of carboxylic acids is 1. The molecule has 0 atom stereocenters. The minimum absolute atomic E-state index is 0.148. The molecule has 0 heterocycles. The number of carbonyl (C=O) groups excluding carboxylic acids is 1. The number of amides is 1. The first-order chi connectivity index (χ1) is 9.88. The number of aliphatic carboxylic acids is 1. The molecule has 116 valence electrons. The lowest BCUT2D eigenvalue weighted by Crippen LogP contribution is -2.40. The summed E-state index contributed by atoms with van der Waals surface area (Å²) in [5.74, 6) is -0.878. The number of benzene rings is 1. The van der Waals surface area contributed by atoms with Gasteiger partial charge in [-0.15, -0.1) is 11.8 Å². The van der Waals surface area contributed by atoms with Gasteiger partial charge >= 0.3 is 5.97 Å². The van der Waals surface area contributed by atoms with E-state index in [1.165, 1.54) is 22.2 Å². The molecule has 0 aliphatic heterocycles. The minimum Gasteiger partial charge on any atom is -0.480 e. The minimum atomic E-state index is -0.984. The first kappa shape index (κ1) is 17.5. The molecule has 1 amide bonds. The van der Waals surface area contributed by atoms with E-state index in [0.717, 1.165) is 4.90 Å². The molecule has 0 bridgehead atoms. The predicted molar refractivity (Wildman–Crippen MR) is 84.7 cm³/mol. The van der Waals surface area contributed by atoms with E-state index in [4.69, 9.17) is 5.11 Å². The second kappa shape index (κ2) is 8.69. The van der Waals surface area contributed by atoms with Crippen LogP contribution in [0.2, 0.25) is 0 Å². The average Bonchev–Trinajstić information content (AvgIpc) is 2.42. The number of thioether (sulfide) groups is 1. The van der Waals surface area contributed by atoms with Gasteiger partial charge in [-0.05, 0) is 33.2 Å². The zero-order valence-electron chi connectivity index (χ0n) is 12.7. The van der Waals surface area contributed by atoms with Gasteiger partial charge in [0.25, 0.3) is 0 Å². The third-order valence-corrected chi connectivity index (χ3v) is 3.88. The first-order valence-corrected chi connectivity index (χ1v) is 7.71. The molecular formula is C15H22N2O3S. The summed E-state index contributed by atoms with van der Waals surface area (Å²) in [5.41, 5.74) is 1.17. The van der Waals surface area contributed by atoms with Crippen LogP contribution in [0.3, 0.4) is 0 Å². The summed E-state index contributed by atoms with van der Waals surface area (Å²) < 4.78 is 0. The SMILES string of the molecule is Cc1ccc(SCC(=O)N(CCN(C)C)CC(=O)O)cc1. The normalized spacial score (nSPS) is 10.7. The Kier molecular flexibility index (Phi) is 7.25. The highest BCUT2D eigenvalue weighted by molar-refractivity contribution is 8.00. The van der Waals surface area contributed by atoms with Gasteiger partial charge in [-0.1, -0.05) is 17.7 Å². The molecule has 1 rings (SSSR count). The maximum Gasteiger partial charge on any atom is 0.323 e. The topological polar surface area (TPSA) is 60.9 Å². The molecule has 1 N–H and O–H groups in total. The smallest absolute Gasteiger partial charge is 0.323 e. The van der Waals surface area contributed by atoms with Gasteiger partial charge in [0.15, 0.2) is 0 Å². The molecule has 1 aromatic carbocycles. The van der Waals surface area contributed by atoms with Crippen LogP contribution in [0.25, 0.3) is 0 Å². The average molecular weight is 310 g/mol. The van der Waals surface area contributed by atoms with Crippen molar-refractivity contribution in [3.05, 3.63) is 29.8 Å². The van der Waals surface area contributed by atoms with Crippen molar-refractivity contribution in [3.8, 4) is 0 Å². The van der Waals surface area contributed by atoms with Crippen LogP contribution < -0.4 is 0 Å². The lowest BCUT2D eigenvalue weighted by Gasteiger charge is -2.22. The fourth-order valence-corrected chi connectivity index (χ4v) is 2.45. The highest BCUT2D eigenvalue weighted by Crippen LogP contribution is 2.18. The molecule has 0 saturated carbocycles. The number of carbonyl (C=O) groups is 2. The zero-order valence-corrected chi connectivity index (χ0v) is 13.5. The van der Waals surface area contributed by atoms with Crippen molar-refractivity contribution in [1.29, 1.82) is 0 Å². The monoisotopic (exact) mass is 310 g/mol. The van der Waals surface area contributed by atoms with E-state index in [1.807, 2.05) is 50.2 Å². The van der Waals surface area contributed by atoms with Gasteiger partial charge in [0.1, 0.15) is 6.54 Å². The zero-order chi connectivity index (χ0) is 15.8. The van der Waals surface area contributed by atoms with E-state index < -0.39 is 5.97 Å². The Morgan fingerprint density at radius 3 is 2.29 bits per heavy atom. The number of hydrogen-bond acceptors (Lipinski definition) is 4. The molecule has 0 fully saturated rings. The molecule has 6 heteroatoms. The van der Waals surface area contributed by atoms with Crippen molar-refractivity contribution in [2.75, 3.05) is 39.5 Å². The third-order valence-electron chi connectivity index (χ3n) is 2.88. The number of nitrogens with zero attached hydrogens (tertiary/aromatic N) is 2. The van der Waals surface area contributed by atoms with Gasteiger partial charge in [-0.3, -0.25) is 9.59 Å². The van der Waals surface area contributed by atoms with Crippen molar-refractivity contribution in [2.45, 2.75) is 11.8 Å². The quantitative estimate of drug-likeness (QED) is 0.738. The maximum atomic E-state index is 12.2. The molecule has 0 aliphatic rings. The van der Waals surface area contributed by atoms with Crippen LogP contribution in [0.4, 0.5) is 0 Å². The summed E-state index contributed by atoms with van der Waals surface area (Å²) in [5, 5.41) is 8.90. The highest BCUT2D eigenvalue weighted by atomic mass is 32.2. The Labute approximate surface area is 129 Å². The molecule has 0 spiro atoms. The van der Waals surface area contributed by atoms with Crippen LogP contribution >= 0.6 is 11.8 Å². The van der Waals surface area contributed by atoms with E-state index in [1.54, 1.807) is 0 Å². The highest BCUT2D eigenvalue weighted by Gasteiger charge is 2.16. The second-order valence-corrected chi connectivity index (χ2v) is 6.16. The van der Waals surface area contributed by atoms with Crippen LogP contribution in [-0.4, -0.2) is 66.3 Å². The van der Waals surface area contributed by atoms with Gasteiger partial charge in [0.05, 0.1) is 5.75 Å². The fraction of sp³-hybridized carbons (Fsp3) is 0.467. The number of rotatable bonds is 8. The van der Waals surface area contributed by atoms with E-state index >= 15 is 0 Å². The van der Waals surface area contributed by atoms with Crippen LogP contribution in [0.5, 0.6) is 0 Å². The molecule has 0 aliphatic carbocycles. The summed E-state index contributed by atoms with van der Waals surface area (Å²) in [4.78, 5) is 27.3. The maximum absolute atomic E-state index is 12.2. The van der Waals surface area contributed by atoms with Crippen molar-refractivity contribution < 1.29 is 14.7 Å². The molecule has 1 aromatic rings. The van der Waals surface area contributed by atoms with Gasteiger partial charge < -0.3 is 14.9 Å². The molecule has 5 nitrogen and oxygen atoms in total. The number of likely N-dealkylation sites (N-methyl/N-ethyl adjacent to an activating group) is 1. The van der Waals surface area contributed by atoms with Crippen LogP contribution in [0.1, 0.15) is 5.56 Å². The van der Waals surface area contributed by atoms with Gasteiger partial charge in [0.2, 0.25) is 5.91 Å². The Morgan fingerprint density at radius 1 is 1.14 bits per heavy atom. The summed E-state index contributed by atoms with van der Waals surface area (Å²) in [7, 11) is 3.79. The number of carboxylic acid groups (broad SMARTS) is 1. The summed E-state index contributed by atoms with van der Waals surface area (Å²) in [6, 6.07) is 7.92. The number of hydrogen-bond donors (Lipinski definition) is 1. The Bertz CT molecular complexity index is 474. The summed E-state index contributed by atoms with van der Waals surface area (Å²) in [6.45, 7) is 2.83. The number of aryl methyl sites for hydroxylation is 1. The van der Waals surface area contributed by atoms with Gasteiger partial charge in [-0.2, -0.15) is 0 Å². The van der Waals surface area contributed by atoms with Crippen LogP contribution in [-0.2, 0) is 9.59 Å². The third kappa shape index (κ3) is 7.15. The van der Waals surface area contributed by atoms with Gasteiger partial charge in [-0.25, -0.2) is 0 Å². The van der Waals surface area contributed by atoms with Crippen molar-refractivity contribution in [1.82, 2.24) is 9.80 Å². The molecule has 0 unspecified atom stereocenters. The van der Waals surface area contributed by atoms with E-state index in [0.29, 0.717) is 13.1 Å². The molecule has 21 heavy (non-hydrogen) atoms. The first-order valence-electron chi connectivity index (χ1n) is 6.72. The Morgan fingerprint density at radius 2 is 1.76 bits per heavy atom. The largest absolute Gasteiger partial charge is 0.480 e. The Balaban J connectivity index is 2.54. The van der Waals surface area contributed by atoms with E-state index in [2.05, 4.69) is 0 Å². The van der Waals surface area contributed by atoms with Crippen molar-refractivity contribution >= 4 is 23.6 Å². The predicted octanol–water partition coefficient (Wildman–Crippen LogP) is 1.56. The molecular weight excluding hydrogens is 288 g/mol. The van der Waals surface area contributed by atoms with Gasteiger partial charge in [0, 0.05) is 18.0 Å². The lowest BCUT2D eigenvalue weighted by molar-refractivity contribution is -0.143. The standard InChI is InChI=1S/C15H22N2O3S/c1-12-4-6-13(7-5-12)21-11-14(18)17(10-15(19)20)9-8-16(2)3/h4-7H,8-11H2,1-3H3,(H,19,20). The Hall–Kier alpha value is -1.53. The van der Waals surface area contributed by atoms with Crippen molar-refractivity contribution in [2.24, 2.45) is 0 Å². The molecule has 0 aromatic heterocycles. The summed E-state index contributed by atoms with van der Waals surface area (Å²) >= 11 is 1.43. The summed E-state index contributed by atoms with van der Waals surface area (Å²) in [6.07, 6.45) is 0. The molecule has 0 saturated heterocycles. The van der Waals surface area contributed by atoms with E-state index in [-0.39, 0.29) is 18.2 Å². The molecule has 0 radical (unpaired) electrons. The van der Waals surface area contributed by atoms with E-state index in [9.17, 15) is 9.59 Å². The van der Waals surface area contributed by atoms with Crippen LogP contribution in [0, 0.1) is 6.92 Å². The fourth-order valence-electron chi connectivity index (χ4n) is 1.65. The second-order valence-electron chi connectivity index (χ2n) is 5.11. The van der Waals surface area contributed by atoms with Crippen molar-refractivity contribution in [3.63, 3.8) is 0 Å². The lowest BCUT2D eigenvalue weighted by atomic mass is 10.2.